The SMILES string of the molecule is CNc1cccc(Oc2ccc(NC(=O)c3ccc(C(C)=O)cc3)cc2)c1. The number of amides is 1. The summed E-state index contributed by atoms with van der Waals surface area (Å²) in [5, 5.41) is 5.89. The number of ether oxygens (including phenoxy) is 1. The van der Waals surface area contributed by atoms with Gasteiger partial charge in [0.05, 0.1) is 0 Å². The molecular formula is C22H20N2O3. The third-order valence-electron chi connectivity index (χ3n) is 4.02. The molecule has 0 heterocycles. The highest BCUT2D eigenvalue weighted by Crippen LogP contribution is 2.25. The van der Waals surface area contributed by atoms with Crippen LogP contribution in [0.5, 0.6) is 11.5 Å². The van der Waals surface area contributed by atoms with E-state index in [4.69, 9.17) is 4.74 Å². The van der Waals surface area contributed by atoms with Crippen molar-refractivity contribution in [3.05, 3.63) is 83.9 Å². The standard InChI is InChI=1S/C22H20N2O3/c1-15(25)16-6-8-17(9-7-16)22(26)24-18-10-12-20(13-11-18)27-21-5-3-4-19(14-21)23-2/h3-14,23H,1-2H3,(H,24,26). The Kier molecular flexibility index (Phi) is 5.52. The van der Waals surface area contributed by atoms with Gasteiger partial charge >= 0.3 is 0 Å². The van der Waals surface area contributed by atoms with Crippen molar-refractivity contribution >= 4 is 23.1 Å². The number of Topliss-reactive ketones (excluding diaryl/α,β-unsaturated/α-hetero) is 1. The van der Waals surface area contributed by atoms with Crippen molar-refractivity contribution in [2.24, 2.45) is 0 Å². The van der Waals surface area contributed by atoms with Crippen LogP contribution in [0.25, 0.3) is 0 Å². The number of anilines is 2. The summed E-state index contributed by atoms with van der Waals surface area (Å²) in [5.74, 6) is 1.13. The largest absolute Gasteiger partial charge is 0.457 e. The van der Waals surface area contributed by atoms with Gasteiger partial charge in [0, 0.05) is 35.6 Å². The summed E-state index contributed by atoms with van der Waals surface area (Å²) in [6.07, 6.45) is 0. The quantitative estimate of drug-likeness (QED) is 0.609. The summed E-state index contributed by atoms with van der Waals surface area (Å²) in [7, 11) is 1.85. The fourth-order valence-electron chi connectivity index (χ4n) is 2.52. The van der Waals surface area contributed by atoms with Gasteiger partial charge in [0.2, 0.25) is 0 Å². The molecule has 0 bridgehead atoms. The summed E-state index contributed by atoms with van der Waals surface area (Å²) in [6.45, 7) is 1.49. The Hall–Kier alpha value is -3.60. The van der Waals surface area contributed by atoms with Crippen LogP contribution in [0.4, 0.5) is 11.4 Å². The zero-order valence-corrected chi connectivity index (χ0v) is 15.2. The Balaban J connectivity index is 1.64. The maximum absolute atomic E-state index is 12.3. The second-order valence-electron chi connectivity index (χ2n) is 5.99. The topological polar surface area (TPSA) is 67.4 Å². The Morgan fingerprint density at radius 1 is 0.778 bits per heavy atom. The van der Waals surface area contributed by atoms with Crippen LogP contribution in [0.2, 0.25) is 0 Å². The van der Waals surface area contributed by atoms with Crippen molar-refractivity contribution in [1.29, 1.82) is 0 Å². The van der Waals surface area contributed by atoms with E-state index < -0.39 is 0 Å². The van der Waals surface area contributed by atoms with Gasteiger partial charge in [0.25, 0.3) is 5.91 Å². The minimum atomic E-state index is -0.236. The lowest BCUT2D eigenvalue weighted by atomic mass is 10.1. The molecule has 0 atom stereocenters. The third kappa shape index (κ3) is 4.73. The molecule has 0 spiro atoms. The molecule has 0 aromatic heterocycles. The van der Waals surface area contributed by atoms with Crippen LogP contribution >= 0.6 is 0 Å². The van der Waals surface area contributed by atoms with Crippen molar-refractivity contribution in [2.75, 3.05) is 17.7 Å². The van der Waals surface area contributed by atoms with Gasteiger partial charge < -0.3 is 15.4 Å². The monoisotopic (exact) mass is 360 g/mol. The van der Waals surface area contributed by atoms with Crippen LogP contribution in [-0.2, 0) is 0 Å². The maximum Gasteiger partial charge on any atom is 0.255 e. The van der Waals surface area contributed by atoms with Crippen LogP contribution in [0.1, 0.15) is 27.6 Å². The van der Waals surface area contributed by atoms with E-state index in [9.17, 15) is 9.59 Å². The number of carbonyl (C=O) groups is 2. The van der Waals surface area contributed by atoms with Crippen molar-refractivity contribution in [2.45, 2.75) is 6.92 Å². The van der Waals surface area contributed by atoms with E-state index in [1.165, 1.54) is 6.92 Å². The number of carbonyl (C=O) groups excluding carboxylic acids is 2. The van der Waals surface area contributed by atoms with E-state index in [0.717, 1.165) is 11.4 Å². The van der Waals surface area contributed by atoms with Crippen molar-refractivity contribution < 1.29 is 14.3 Å². The molecule has 5 nitrogen and oxygen atoms in total. The molecule has 0 unspecified atom stereocenters. The third-order valence-corrected chi connectivity index (χ3v) is 4.02. The molecule has 3 rings (SSSR count). The van der Waals surface area contributed by atoms with Gasteiger partial charge in [-0.15, -0.1) is 0 Å². The van der Waals surface area contributed by atoms with Crippen molar-refractivity contribution in [3.8, 4) is 11.5 Å². The summed E-state index contributed by atoms with van der Waals surface area (Å²) in [5.41, 5.74) is 2.69. The smallest absolute Gasteiger partial charge is 0.255 e. The molecule has 3 aromatic carbocycles. The lowest BCUT2D eigenvalue weighted by Crippen LogP contribution is -2.11. The molecule has 1 amide bonds. The molecule has 2 N–H and O–H groups in total. The van der Waals surface area contributed by atoms with Gasteiger partial charge in [0.15, 0.2) is 5.78 Å². The van der Waals surface area contributed by atoms with Crippen LogP contribution in [-0.4, -0.2) is 18.7 Å². The highest BCUT2D eigenvalue weighted by molar-refractivity contribution is 6.05. The van der Waals surface area contributed by atoms with E-state index in [0.29, 0.717) is 22.6 Å². The van der Waals surface area contributed by atoms with E-state index in [-0.39, 0.29) is 11.7 Å². The highest BCUT2D eigenvalue weighted by Gasteiger charge is 2.07. The average Bonchev–Trinajstić information content (AvgIpc) is 2.69. The minimum absolute atomic E-state index is 0.0298. The molecule has 0 saturated heterocycles. The molecule has 0 aliphatic carbocycles. The zero-order chi connectivity index (χ0) is 19.2. The summed E-state index contributed by atoms with van der Waals surface area (Å²) in [4.78, 5) is 23.6. The second-order valence-corrected chi connectivity index (χ2v) is 5.99. The Morgan fingerprint density at radius 3 is 2.07 bits per heavy atom. The molecule has 0 aliphatic heterocycles. The van der Waals surface area contributed by atoms with E-state index >= 15 is 0 Å². The Labute approximate surface area is 158 Å². The number of benzene rings is 3. The van der Waals surface area contributed by atoms with Crippen LogP contribution in [0.15, 0.2) is 72.8 Å². The number of rotatable bonds is 6. The number of hydrogen-bond donors (Lipinski definition) is 2. The minimum Gasteiger partial charge on any atom is -0.457 e. The van der Waals surface area contributed by atoms with Gasteiger partial charge in [-0.05, 0) is 55.5 Å². The predicted molar refractivity (Wildman–Crippen MR) is 107 cm³/mol. The molecule has 0 aliphatic rings. The number of nitrogens with one attached hydrogen (secondary N) is 2. The van der Waals surface area contributed by atoms with Crippen molar-refractivity contribution in [1.82, 2.24) is 0 Å². The van der Waals surface area contributed by atoms with Gasteiger partial charge in [0.1, 0.15) is 11.5 Å². The molecular weight excluding hydrogens is 340 g/mol. The van der Waals surface area contributed by atoms with Gasteiger partial charge in [-0.25, -0.2) is 0 Å². The number of hydrogen-bond acceptors (Lipinski definition) is 4. The normalized spacial score (nSPS) is 10.1. The Morgan fingerprint density at radius 2 is 1.44 bits per heavy atom. The first-order chi connectivity index (χ1) is 13.0. The predicted octanol–water partition coefficient (Wildman–Crippen LogP) is 4.98. The van der Waals surface area contributed by atoms with Gasteiger partial charge in [-0.3, -0.25) is 9.59 Å². The van der Waals surface area contributed by atoms with E-state index in [1.54, 1.807) is 48.5 Å². The summed E-state index contributed by atoms with van der Waals surface area (Å²) >= 11 is 0. The van der Waals surface area contributed by atoms with E-state index in [1.807, 2.05) is 31.3 Å². The van der Waals surface area contributed by atoms with Crippen LogP contribution < -0.4 is 15.4 Å². The van der Waals surface area contributed by atoms with Crippen LogP contribution in [0, 0.1) is 0 Å². The van der Waals surface area contributed by atoms with Gasteiger partial charge in [-0.1, -0.05) is 18.2 Å². The van der Waals surface area contributed by atoms with Crippen LogP contribution in [0.3, 0.4) is 0 Å². The maximum atomic E-state index is 12.3. The molecule has 0 fully saturated rings. The first-order valence-electron chi connectivity index (χ1n) is 8.53. The molecule has 0 saturated carbocycles. The van der Waals surface area contributed by atoms with E-state index in [2.05, 4.69) is 10.6 Å². The molecule has 3 aromatic rings. The zero-order valence-electron chi connectivity index (χ0n) is 15.2. The fourth-order valence-corrected chi connectivity index (χ4v) is 2.52. The summed E-state index contributed by atoms with van der Waals surface area (Å²) in [6, 6.07) is 21.3. The molecule has 5 heteroatoms. The fraction of sp³-hybridized carbons (Fsp3) is 0.0909. The lowest BCUT2D eigenvalue weighted by molar-refractivity contribution is 0.101. The molecule has 136 valence electrons. The number of ketones is 1. The molecule has 0 radical (unpaired) electrons. The molecule has 27 heavy (non-hydrogen) atoms. The Bertz CT molecular complexity index is 948. The first kappa shape index (κ1) is 18.2. The second kappa shape index (κ2) is 8.19. The highest BCUT2D eigenvalue weighted by atomic mass is 16.5. The summed E-state index contributed by atoms with van der Waals surface area (Å²) < 4.78 is 5.82. The van der Waals surface area contributed by atoms with Crippen molar-refractivity contribution in [3.63, 3.8) is 0 Å². The lowest BCUT2D eigenvalue weighted by Gasteiger charge is -2.09. The average molecular weight is 360 g/mol. The first-order valence-corrected chi connectivity index (χ1v) is 8.53. The van der Waals surface area contributed by atoms with Gasteiger partial charge in [-0.2, -0.15) is 0 Å².